The van der Waals surface area contributed by atoms with Gasteiger partial charge >= 0.3 is 0 Å². The summed E-state index contributed by atoms with van der Waals surface area (Å²) < 4.78 is 3.98. The van der Waals surface area contributed by atoms with E-state index in [9.17, 15) is 5.26 Å². The molecule has 9 heteroatoms. The van der Waals surface area contributed by atoms with Crippen LogP contribution in [0.25, 0.3) is 28.0 Å². The van der Waals surface area contributed by atoms with Gasteiger partial charge in [0.2, 0.25) is 5.95 Å². The van der Waals surface area contributed by atoms with Gasteiger partial charge in [-0.25, -0.2) is 4.98 Å². The van der Waals surface area contributed by atoms with Gasteiger partial charge in [-0.1, -0.05) is 0 Å². The molecule has 3 aromatic heterocycles. The van der Waals surface area contributed by atoms with E-state index in [0.717, 1.165) is 53.6 Å². The van der Waals surface area contributed by atoms with Gasteiger partial charge in [0.05, 0.1) is 29.4 Å². The minimum absolute atomic E-state index is 0.387. The molecule has 0 atom stereocenters. The zero-order valence-corrected chi connectivity index (χ0v) is 19.6. The second-order valence-electron chi connectivity index (χ2n) is 8.94. The van der Waals surface area contributed by atoms with E-state index < -0.39 is 0 Å². The van der Waals surface area contributed by atoms with Gasteiger partial charge < -0.3 is 16.4 Å². The molecular formula is C27H25N9. The van der Waals surface area contributed by atoms with Gasteiger partial charge in [-0.05, 0) is 74.5 Å². The van der Waals surface area contributed by atoms with E-state index in [2.05, 4.69) is 32.7 Å². The van der Waals surface area contributed by atoms with Gasteiger partial charge in [-0.2, -0.15) is 15.3 Å². The molecule has 2 aromatic carbocycles. The molecule has 0 bridgehead atoms. The lowest BCUT2D eigenvalue weighted by molar-refractivity contribution is 0.343. The Hall–Kier alpha value is -4.68. The van der Waals surface area contributed by atoms with Gasteiger partial charge in [-0.3, -0.25) is 9.25 Å². The van der Waals surface area contributed by atoms with Crippen LogP contribution in [0.4, 0.5) is 17.2 Å². The number of hydrogen-bond donors (Lipinski definition) is 3. The maximum absolute atomic E-state index is 9.23. The number of nitrogens with two attached hydrogens (primary N) is 1. The van der Waals surface area contributed by atoms with Gasteiger partial charge in [0, 0.05) is 46.5 Å². The molecule has 0 amide bonds. The molecule has 178 valence electrons. The van der Waals surface area contributed by atoms with E-state index in [1.807, 2.05) is 65.6 Å². The number of nitrogens with one attached hydrogen (secondary N) is 2. The number of hydrogen-bond acceptors (Lipinski definition) is 7. The Morgan fingerprint density at radius 1 is 1.06 bits per heavy atom. The lowest BCUT2D eigenvalue weighted by atomic mass is 10.1. The van der Waals surface area contributed by atoms with E-state index in [1.165, 1.54) is 0 Å². The topological polar surface area (TPSA) is 122 Å². The van der Waals surface area contributed by atoms with Crippen LogP contribution in [0.15, 0.2) is 73.3 Å². The first-order valence-corrected chi connectivity index (χ1v) is 11.9. The zero-order valence-electron chi connectivity index (χ0n) is 19.6. The van der Waals surface area contributed by atoms with Gasteiger partial charge in [0.25, 0.3) is 0 Å². The molecule has 0 spiro atoms. The molecule has 0 radical (unpaired) electrons. The van der Waals surface area contributed by atoms with Crippen molar-refractivity contribution >= 4 is 28.1 Å². The first-order chi connectivity index (χ1) is 17.7. The molecule has 36 heavy (non-hydrogen) atoms. The fourth-order valence-electron chi connectivity index (χ4n) is 4.63. The summed E-state index contributed by atoms with van der Waals surface area (Å²) in [5.74, 6) is 1.20. The van der Waals surface area contributed by atoms with Crippen molar-refractivity contribution in [3.05, 3.63) is 78.9 Å². The first-order valence-electron chi connectivity index (χ1n) is 11.9. The molecule has 1 fully saturated rings. The van der Waals surface area contributed by atoms with Gasteiger partial charge in [0.15, 0.2) is 0 Å². The second-order valence-corrected chi connectivity index (χ2v) is 8.94. The standard InChI is InChI=1S/C27H25N9/c28-14-18-1-6-25-19(13-18)9-12-35(25)27-31-16-24(26(34-27)33-22-4-2-21(29)3-5-22)20-15-32-36(17-20)23-7-10-30-11-8-23/h1-6,9,12-13,15-17,23,30H,7-8,10-11,29H2,(H,31,33,34). The number of piperidine rings is 1. The highest BCUT2D eigenvalue weighted by Gasteiger charge is 2.18. The van der Waals surface area contributed by atoms with Crippen LogP contribution in [0, 0.1) is 11.3 Å². The predicted molar refractivity (Wildman–Crippen MR) is 140 cm³/mol. The normalized spacial score (nSPS) is 14.1. The average Bonchev–Trinajstić information content (AvgIpc) is 3.58. The maximum atomic E-state index is 9.23. The van der Waals surface area contributed by atoms with Crippen molar-refractivity contribution in [1.82, 2.24) is 29.6 Å². The first kappa shape index (κ1) is 21.8. The van der Waals surface area contributed by atoms with Crippen LogP contribution in [-0.2, 0) is 0 Å². The van der Waals surface area contributed by atoms with Crippen molar-refractivity contribution in [2.75, 3.05) is 24.1 Å². The molecule has 9 nitrogen and oxygen atoms in total. The van der Waals surface area contributed by atoms with Crippen LogP contribution in [0.3, 0.4) is 0 Å². The Morgan fingerprint density at radius 2 is 1.89 bits per heavy atom. The van der Waals surface area contributed by atoms with Gasteiger partial charge in [0.1, 0.15) is 5.82 Å². The van der Waals surface area contributed by atoms with Crippen LogP contribution >= 0.6 is 0 Å². The molecule has 4 heterocycles. The quantitative estimate of drug-likeness (QED) is 0.322. The Labute approximate surface area is 208 Å². The predicted octanol–water partition coefficient (Wildman–Crippen LogP) is 4.41. The third-order valence-electron chi connectivity index (χ3n) is 6.58. The Morgan fingerprint density at radius 3 is 2.69 bits per heavy atom. The van der Waals surface area contributed by atoms with Gasteiger partial charge in [-0.15, -0.1) is 0 Å². The Bertz CT molecular complexity index is 1570. The summed E-state index contributed by atoms with van der Waals surface area (Å²) in [7, 11) is 0. The molecule has 1 aliphatic heterocycles. The zero-order chi connectivity index (χ0) is 24.5. The second kappa shape index (κ2) is 9.17. The van der Waals surface area contributed by atoms with Crippen molar-refractivity contribution in [3.63, 3.8) is 0 Å². The summed E-state index contributed by atoms with van der Waals surface area (Å²) in [5, 5.41) is 21.7. The number of benzene rings is 2. The molecule has 4 N–H and O–H groups in total. The fourth-order valence-corrected chi connectivity index (χ4v) is 4.63. The van der Waals surface area contributed by atoms with Crippen molar-refractivity contribution in [2.24, 2.45) is 0 Å². The van der Waals surface area contributed by atoms with Crippen LogP contribution in [0.5, 0.6) is 0 Å². The van der Waals surface area contributed by atoms with E-state index in [1.54, 1.807) is 6.07 Å². The summed E-state index contributed by atoms with van der Waals surface area (Å²) >= 11 is 0. The molecule has 6 rings (SSSR count). The van der Waals surface area contributed by atoms with Crippen LogP contribution in [-0.4, -0.2) is 37.4 Å². The molecule has 0 unspecified atom stereocenters. The summed E-state index contributed by atoms with van der Waals surface area (Å²) in [5.41, 5.74) is 10.8. The number of nitrogens with zero attached hydrogens (tertiary/aromatic N) is 6. The molecule has 0 saturated carbocycles. The number of nitriles is 1. The third-order valence-corrected chi connectivity index (χ3v) is 6.58. The summed E-state index contributed by atoms with van der Waals surface area (Å²) in [6.45, 7) is 2.00. The van der Waals surface area contributed by atoms with E-state index in [-0.39, 0.29) is 0 Å². The van der Waals surface area contributed by atoms with E-state index >= 15 is 0 Å². The molecule has 1 saturated heterocycles. The summed E-state index contributed by atoms with van der Waals surface area (Å²) in [6, 6.07) is 17.7. The van der Waals surface area contributed by atoms with Crippen LogP contribution < -0.4 is 16.4 Å². The fraction of sp³-hybridized carbons (Fsp3) is 0.185. The number of rotatable bonds is 5. The molecule has 1 aliphatic rings. The van der Waals surface area contributed by atoms with E-state index in [0.29, 0.717) is 29.1 Å². The Kier molecular flexibility index (Phi) is 5.56. The molecular weight excluding hydrogens is 450 g/mol. The minimum atomic E-state index is 0.387. The number of anilines is 3. The minimum Gasteiger partial charge on any atom is -0.399 e. The third kappa shape index (κ3) is 4.15. The average molecular weight is 476 g/mol. The van der Waals surface area contributed by atoms with Crippen molar-refractivity contribution < 1.29 is 0 Å². The lowest BCUT2D eigenvalue weighted by Crippen LogP contribution is -2.29. The lowest BCUT2D eigenvalue weighted by Gasteiger charge is -2.22. The molecule has 5 aromatic rings. The molecule has 0 aliphatic carbocycles. The van der Waals surface area contributed by atoms with Crippen molar-refractivity contribution in [3.8, 4) is 23.1 Å². The number of nitrogen functional groups attached to an aromatic ring is 1. The largest absolute Gasteiger partial charge is 0.399 e. The van der Waals surface area contributed by atoms with Crippen LogP contribution in [0.2, 0.25) is 0 Å². The highest BCUT2D eigenvalue weighted by molar-refractivity contribution is 5.83. The van der Waals surface area contributed by atoms with Crippen LogP contribution in [0.1, 0.15) is 24.4 Å². The number of aromatic nitrogens is 5. The summed E-state index contributed by atoms with van der Waals surface area (Å²) in [4.78, 5) is 9.63. The smallest absolute Gasteiger partial charge is 0.236 e. The highest BCUT2D eigenvalue weighted by Crippen LogP contribution is 2.31. The van der Waals surface area contributed by atoms with E-state index in [4.69, 9.17) is 15.7 Å². The monoisotopic (exact) mass is 475 g/mol. The Balaban J connectivity index is 1.41. The van der Waals surface area contributed by atoms with Crippen molar-refractivity contribution in [1.29, 1.82) is 5.26 Å². The summed E-state index contributed by atoms with van der Waals surface area (Å²) in [6.07, 6.45) is 9.83. The van der Waals surface area contributed by atoms with Crippen molar-refractivity contribution in [2.45, 2.75) is 18.9 Å². The number of fused-ring (bicyclic) bond motifs is 1. The maximum Gasteiger partial charge on any atom is 0.236 e. The SMILES string of the molecule is N#Cc1ccc2c(ccn2-c2ncc(-c3cnn(C4CCNCC4)c3)c(Nc3ccc(N)cc3)n2)c1. The highest BCUT2D eigenvalue weighted by atomic mass is 15.3.